The average Bonchev–Trinajstić information content (AvgIpc) is 2.39. The van der Waals surface area contributed by atoms with Crippen LogP contribution in [-0.2, 0) is 4.74 Å². The normalized spacial score (nSPS) is 23.7. The Labute approximate surface area is 108 Å². The zero-order valence-corrected chi connectivity index (χ0v) is 10.6. The van der Waals surface area contributed by atoms with Crippen LogP contribution in [0.2, 0.25) is 0 Å². The van der Waals surface area contributed by atoms with E-state index < -0.39 is 7.12 Å². The third kappa shape index (κ3) is 3.48. The average molecular weight is 250 g/mol. The molecule has 0 saturated heterocycles. The predicted molar refractivity (Wildman–Crippen MR) is 69.9 cm³/mol. The molecule has 98 valence electrons. The van der Waals surface area contributed by atoms with Crippen LogP contribution < -0.4 is 10.2 Å². The zero-order chi connectivity index (χ0) is 13.0. The van der Waals surface area contributed by atoms with Crippen LogP contribution in [0.3, 0.4) is 0 Å². The monoisotopic (exact) mass is 250 g/mol. The zero-order valence-electron chi connectivity index (χ0n) is 10.6. The standard InChI is InChI=1S/C13H19BO4/c1-17-11-5-3-7-13(9-11)18-12-6-2-4-10(8-12)14(15)16/h2,4,6,8,11,13,15-16H,3,5,7,9H2,1H3. The molecule has 4 nitrogen and oxygen atoms in total. The van der Waals surface area contributed by atoms with Crippen molar-refractivity contribution in [3.05, 3.63) is 24.3 Å². The molecule has 0 aromatic heterocycles. The Hall–Kier alpha value is -1.04. The van der Waals surface area contributed by atoms with Gasteiger partial charge in [0.25, 0.3) is 0 Å². The van der Waals surface area contributed by atoms with Gasteiger partial charge in [-0.1, -0.05) is 12.1 Å². The second kappa shape index (κ2) is 6.23. The first kappa shape index (κ1) is 13.4. The molecule has 0 amide bonds. The molecule has 1 fully saturated rings. The molecule has 1 aliphatic carbocycles. The molecule has 1 saturated carbocycles. The summed E-state index contributed by atoms with van der Waals surface area (Å²) in [4.78, 5) is 0. The lowest BCUT2D eigenvalue weighted by Gasteiger charge is -2.28. The molecule has 5 heteroatoms. The van der Waals surface area contributed by atoms with Crippen LogP contribution in [0.25, 0.3) is 0 Å². The third-order valence-electron chi connectivity index (χ3n) is 3.37. The lowest BCUT2D eigenvalue weighted by Crippen LogP contribution is -2.31. The summed E-state index contributed by atoms with van der Waals surface area (Å²) < 4.78 is 11.2. The van der Waals surface area contributed by atoms with E-state index >= 15 is 0 Å². The van der Waals surface area contributed by atoms with Crippen molar-refractivity contribution in [2.24, 2.45) is 0 Å². The Bertz CT molecular complexity index is 383. The van der Waals surface area contributed by atoms with Crippen molar-refractivity contribution in [1.29, 1.82) is 0 Å². The maximum absolute atomic E-state index is 9.11. The highest BCUT2D eigenvalue weighted by atomic mass is 16.5. The van der Waals surface area contributed by atoms with Crippen LogP contribution in [0.4, 0.5) is 0 Å². The largest absolute Gasteiger partial charge is 0.490 e. The first-order chi connectivity index (χ1) is 8.69. The molecule has 2 N–H and O–H groups in total. The molecular formula is C13H19BO4. The van der Waals surface area contributed by atoms with Crippen molar-refractivity contribution in [2.75, 3.05) is 7.11 Å². The second-order valence-electron chi connectivity index (χ2n) is 4.71. The lowest BCUT2D eigenvalue weighted by atomic mass is 9.80. The summed E-state index contributed by atoms with van der Waals surface area (Å²) in [5.74, 6) is 0.683. The van der Waals surface area contributed by atoms with E-state index in [1.165, 1.54) is 0 Å². The molecule has 0 aliphatic heterocycles. The number of rotatable bonds is 4. The Morgan fingerprint density at radius 2 is 2.00 bits per heavy atom. The fraction of sp³-hybridized carbons (Fsp3) is 0.538. The third-order valence-corrected chi connectivity index (χ3v) is 3.37. The van der Waals surface area contributed by atoms with E-state index in [9.17, 15) is 0 Å². The van der Waals surface area contributed by atoms with Crippen LogP contribution in [-0.4, -0.2) is 36.5 Å². The van der Waals surface area contributed by atoms with Crippen LogP contribution >= 0.6 is 0 Å². The van der Waals surface area contributed by atoms with E-state index in [4.69, 9.17) is 19.5 Å². The summed E-state index contributed by atoms with van der Waals surface area (Å²) in [7, 11) is 0.280. The Balaban J connectivity index is 1.98. The Kier molecular flexibility index (Phi) is 4.63. The molecular weight excluding hydrogens is 231 g/mol. The minimum atomic E-state index is -1.45. The van der Waals surface area contributed by atoms with E-state index in [1.807, 2.05) is 6.07 Å². The van der Waals surface area contributed by atoms with Crippen LogP contribution in [0.1, 0.15) is 25.7 Å². The van der Waals surface area contributed by atoms with Gasteiger partial charge in [-0.3, -0.25) is 0 Å². The van der Waals surface area contributed by atoms with E-state index in [2.05, 4.69) is 0 Å². The molecule has 2 atom stereocenters. The van der Waals surface area contributed by atoms with Gasteiger partial charge in [0.2, 0.25) is 0 Å². The SMILES string of the molecule is COC1CCCC(Oc2cccc(B(O)O)c2)C1. The van der Waals surface area contributed by atoms with Gasteiger partial charge < -0.3 is 19.5 Å². The van der Waals surface area contributed by atoms with Crippen molar-refractivity contribution in [3.8, 4) is 5.75 Å². The van der Waals surface area contributed by atoms with Gasteiger partial charge in [-0.15, -0.1) is 0 Å². The second-order valence-corrected chi connectivity index (χ2v) is 4.71. The van der Waals surface area contributed by atoms with Gasteiger partial charge in [-0.25, -0.2) is 0 Å². The highest BCUT2D eigenvalue weighted by Crippen LogP contribution is 2.24. The molecule has 0 heterocycles. The molecule has 1 aliphatic rings. The summed E-state index contributed by atoms with van der Waals surface area (Å²) in [6.45, 7) is 0. The molecule has 1 aromatic carbocycles. The van der Waals surface area contributed by atoms with Crippen molar-refractivity contribution in [1.82, 2.24) is 0 Å². The van der Waals surface area contributed by atoms with E-state index in [1.54, 1.807) is 25.3 Å². The minimum Gasteiger partial charge on any atom is -0.490 e. The predicted octanol–water partition coefficient (Wildman–Crippen LogP) is 0.703. The maximum atomic E-state index is 9.11. The number of benzene rings is 1. The van der Waals surface area contributed by atoms with Crippen molar-refractivity contribution in [2.45, 2.75) is 37.9 Å². The van der Waals surface area contributed by atoms with Crippen LogP contribution in [0.15, 0.2) is 24.3 Å². The summed E-state index contributed by atoms with van der Waals surface area (Å²) in [6, 6.07) is 6.93. The van der Waals surface area contributed by atoms with Crippen molar-refractivity contribution in [3.63, 3.8) is 0 Å². The van der Waals surface area contributed by atoms with Gasteiger partial charge in [0.05, 0.1) is 6.10 Å². The topological polar surface area (TPSA) is 58.9 Å². The van der Waals surface area contributed by atoms with Gasteiger partial charge >= 0.3 is 7.12 Å². The van der Waals surface area contributed by atoms with Gasteiger partial charge in [0.15, 0.2) is 0 Å². The molecule has 18 heavy (non-hydrogen) atoms. The quantitative estimate of drug-likeness (QED) is 0.772. The summed E-state index contributed by atoms with van der Waals surface area (Å²) in [5.41, 5.74) is 0.451. The highest BCUT2D eigenvalue weighted by Gasteiger charge is 2.23. The summed E-state index contributed by atoms with van der Waals surface area (Å²) in [6.07, 6.45) is 4.52. The fourth-order valence-electron chi connectivity index (χ4n) is 2.36. The van der Waals surface area contributed by atoms with Crippen molar-refractivity contribution >= 4 is 12.6 Å². The minimum absolute atomic E-state index is 0.148. The van der Waals surface area contributed by atoms with Crippen LogP contribution in [0, 0.1) is 0 Å². The molecule has 2 unspecified atom stereocenters. The smallest absolute Gasteiger partial charge is 0.488 e. The highest BCUT2D eigenvalue weighted by molar-refractivity contribution is 6.58. The van der Waals surface area contributed by atoms with Gasteiger partial charge in [0.1, 0.15) is 11.9 Å². The Morgan fingerprint density at radius 3 is 2.72 bits per heavy atom. The molecule has 0 spiro atoms. The first-order valence-corrected chi connectivity index (χ1v) is 6.34. The van der Waals surface area contributed by atoms with Gasteiger partial charge in [-0.05, 0) is 36.9 Å². The van der Waals surface area contributed by atoms with Gasteiger partial charge in [0, 0.05) is 13.5 Å². The Morgan fingerprint density at radius 1 is 1.22 bits per heavy atom. The van der Waals surface area contributed by atoms with E-state index in [-0.39, 0.29) is 12.2 Å². The summed E-state index contributed by atoms with van der Waals surface area (Å²) in [5, 5.41) is 18.2. The number of methoxy groups -OCH3 is 1. The lowest BCUT2D eigenvalue weighted by molar-refractivity contribution is 0.0210. The van der Waals surface area contributed by atoms with Crippen molar-refractivity contribution < 1.29 is 19.5 Å². The van der Waals surface area contributed by atoms with E-state index in [0.29, 0.717) is 11.2 Å². The fourth-order valence-corrected chi connectivity index (χ4v) is 2.36. The summed E-state index contributed by atoms with van der Waals surface area (Å²) >= 11 is 0. The van der Waals surface area contributed by atoms with Crippen LogP contribution in [0.5, 0.6) is 5.75 Å². The molecule has 1 aromatic rings. The van der Waals surface area contributed by atoms with E-state index in [0.717, 1.165) is 25.7 Å². The number of hydrogen-bond donors (Lipinski definition) is 2. The molecule has 2 rings (SSSR count). The molecule has 0 bridgehead atoms. The number of hydrogen-bond acceptors (Lipinski definition) is 4. The molecule has 0 radical (unpaired) electrons. The first-order valence-electron chi connectivity index (χ1n) is 6.34. The maximum Gasteiger partial charge on any atom is 0.488 e. The van der Waals surface area contributed by atoms with Gasteiger partial charge in [-0.2, -0.15) is 0 Å². The number of ether oxygens (including phenoxy) is 2.